The summed E-state index contributed by atoms with van der Waals surface area (Å²) in [6, 6.07) is 8.52. The van der Waals surface area contributed by atoms with Crippen molar-refractivity contribution in [2.24, 2.45) is 0 Å². The molecular formula is C18H28ClNO. The molecule has 1 aliphatic rings. The molecule has 0 aliphatic heterocycles. The maximum Gasteiger partial charge on any atom is 0.0876 e. The van der Waals surface area contributed by atoms with Crippen molar-refractivity contribution in [3.8, 4) is 0 Å². The van der Waals surface area contributed by atoms with E-state index in [0.29, 0.717) is 0 Å². The Hall–Kier alpha value is -0.570. The first-order valence-corrected chi connectivity index (χ1v) is 8.72. The summed E-state index contributed by atoms with van der Waals surface area (Å²) < 4.78 is 6.32. The molecule has 1 N–H and O–H groups in total. The van der Waals surface area contributed by atoms with E-state index >= 15 is 0 Å². The summed E-state index contributed by atoms with van der Waals surface area (Å²) in [6.07, 6.45) is 7.27. The highest BCUT2D eigenvalue weighted by atomic mass is 35.5. The fraction of sp³-hybridized carbons (Fsp3) is 0.667. The first-order valence-electron chi connectivity index (χ1n) is 8.34. The van der Waals surface area contributed by atoms with E-state index in [2.05, 4.69) is 31.3 Å². The van der Waals surface area contributed by atoms with Crippen molar-refractivity contribution < 1.29 is 4.74 Å². The average Bonchev–Trinajstić information content (AvgIpc) is 2.50. The number of hydrogen-bond donors (Lipinski definition) is 1. The normalized spacial score (nSPS) is 19.4. The maximum atomic E-state index is 6.32. The number of rotatable bonds is 7. The molecule has 1 aliphatic carbocycles. The number of nitrogens with one attached hydrogen (secondary N) is 1. The van der Waals surface area contributed by atoms with E-state index in [4.69, 9.17) is 16.3 Å². The Morgan fingerprint density at radius 1 is 1.14 bits per heavy atom. The topological polar surface area (TPSA) is 21.3 Å². The van der Waals surface area contributed by atoms with Gasteiger partial charge in [0.25, 0.3) is 0 Å². The molecule has 0 bridgehead atoms. The quantitative estimate of drug-likeness (QED) is 0.754. The number of halogens is 1. The van der Waals surface area contributed by atoms with Crippen LogP contribution in [-0.2, 0) is 4.74 Å². The first-order chi connectivity index (χ1) is 10.2. The minimum Gasteiger partial charge on any atom is -0.373 e. The van der Waals surface area contributed by atoms with Crippen LogP contribution in [0.4, 0.5) is 0 Å². The van der Waals surface area contributed by atoms with Gasteiger partial charge in [0.05, 0.1) is 11.6 Å². The van der Waals surface area contributed by atoms with Crippen molar-refractivity contribution in [1.82, 2.24) is 5.32 Å². The van der Waals surface area contributed by atoms with Crippen LogP contribution in [0, 0.1) is 0 Å². The summed E-state index contributed by atoms with van der Waals surface area (Å²) >= 11 is 6.05. The van der Waals surface area contributed by atoms with E-state index in [-0.39, 0.29) is 11.6 Å². The Kier molecular flexibility index (Phi) is 6.53. The van der Waals surface area contributed by atoms with E-state index < -0.39 is 0 Å². The van der Waals surface area contributed by atoms with Crippen LogP contribution in [0.5, 0.6) is 0 Å². The third kappa shape index (κ3) is 4.21. The average molecular weight is 310 g/mol. The lowest BCUT2D eigenvalue weighted by Crippen LogP contribution is -2.47. The molecular weight excluding hydrogens is 282 g/mol. The third-order valence-corrected chi connectivity index (χ3v) is 4.71. The van der Waals surface area contributed by atoms with E-state index in [1.165, 1.54) is 24.8 Å². The van der Waals surface area contributed by atoms with Crippen LogP contribution in [0.2, 0.25) is 5.02 Å². The van der Waals surface area contributed by atoms with E-state index in [1.807, 2.05) is 12.1 Å². The minimum atomic E-state index is -0.0595. The molecule has 0 spiro atoms. The Balaban J connectivity index is 2.29. The van der Waals surface area contributed by atoms with E-state index in [9.17, 15) is 0 Å². The van der Waals surface area contributed by atoms with Gasteiger partial charge in [-0.2, -0.15) is 0 Å². The molecule has 1 aromatic carbocycles. The highest BCUT2D eigenvalue weighted by Crippen LogP contribution is 2.41. The molecule has 2 rings (SSSR count). The van der Waals surface area contributed by atoms with Crippen molar-refractivity contribution >= 4 is 11.6 Å². The van der Waals surface area contributed by atoms with Gasteiger partial charge in [-0.05, 0) is 50.4 Å². The van der Waals surface area contributed by atoms with Gasteiger partial charge in [0.15, 0.2) is 0 Å². The minimum absolute atomic E-state index is 0.0595. The van der Waals surface area contributed by atoms with Crippen LogP contribution in [0.3, 0.4) is 0 Å². The molecule has 0 saturated heterocycles. The fourth-order valence-electron chi connectivity index (χ4n) is 3.51. The smallest absolute Gasteiger partial charge is 0.0876 e. The van der Waals surface area contributed by atoms with Crippen LogP contribution >= 0.6 is 11.6 Å². The van der Waals surface area contributed by atoms with Crippen molar-refractivity contribution in [3.63, 3.8) is 0 Å². The monoisotopic (exact) mass is 309 g/mol. The molecule has 21 heavy (non-hydrogen) atoms. The summed E-state index contributed by atoms with van der Waals surface area (Å²) in [5.41, 5.74) is 1.24. The summed E-state index contributed by atoms with van der Waals surface area (Å²) in [5.74, 6) is 0. The van der Waals surface area contributed by atoms with Crippen molar-refractivity contribution in [1.29, 1.82) is 0 Å². The van der Waals surface area contributed by atoms with Crippen molar-refractivity contribution in [2.75, 3.05) is 13.2 Å². The number of benzene rings is 1. The first kappa shape index (κ1) is 16.8. The summed E-state index contributed by atoms with van der Waals surface area (Å²) in [4.78, 5) is 0. The second kappa shape index (κ2) is 8.17. The lowest BCUT2D eigenvalue weighted by atomic mass is 9.76. The number of hydrogen-bond acceptors (Lipinski definition) is 2. The molecule has 1 saturated carbocycles. The fourth-order valence-corrected chi connectivity index (χ4v) is 3.63. The third-order valence-electron chi connectivity index (χ3n) is 4.46. The molecule has 0 aromatic heterocycles. The largest absolute Gasteiger partial charge is 0.373 e. The highest BCUT2D eigenvalue weighted by Gasteiger charge is 2.41. The molecule has 1 atom stereocenters. The Morgan fingerprint density at radius 2 is 1.81 bits per heavy atom. The van der Waals surface area contributed by atoms with E-state index in [0.717, 1.165) is 37.4 Å². The number of ether oxygens (including phenoxy) is 1. The molecule has 2 nitrogen and oxygen atoms in total. The zero-order chi connectivity index (χ0) is 15.1. The zero-order valence-electron chi connectivity index (χ0n) is 13.3. The van der Waals surface area contributed by atoms with Gasteiger partial charge in [0.2, 0.25) is 0 Å². The molecule has 0 heterocycles. The second-order valence-corrected chi connectivity index (χ2v) is 6.43. The molecule has 1 aromatic rings. The van der Waals surface area contributed by atoms with Gasteiger partial charge in [0, 0.05) is 11.6 Å². The Morgan fingerprint density at radius 3 is 2.38 bits per heavy atom. The molecule has 1 fully saturated rings. The maximum absolute atomic E-state index is 6.32. The molecule has 118 valence electrons. The molecule has 1 unspecified atom stereocenters. The SMILES string of the molecule is CCCNC(c1ccc(Cl)cc1)C1(OCC)CCCCC1. The molecule has 0 radical (unpaired) electrons. The summed E-state index contributed by atoms with van der Waals surface area (Å²) in [6.45, 7) is 6.11. The van der Waals surface area contributed by atoms with Gasteiger partial charge in [-0.15, -0.1) is 0 Å². The molecule has 3 heteroatoms. The Bertz CT molecular complexity index is 406. The highest BCUT2D eigenvalue weighted by molar-refractivity contribution is 6.30. The van der Waals surface area contributed by atoms with Crippen LogP contribution in [-0.4, -0.2) is 18.8 Å². The van der Waals surface area contributed by atoms with Gasteiger partial charge in [0.1, 0.15) is 0 Å². The van der Waals surface area contributed by atoms with Crippen LogP contribution < -0.4 is 5.32 Å². The van der Waals surface area contributed by atoms with Gasteiger partial charge in [-0.3, -0.25) is 0 Å². The lowest BCUT2D eigenvalue weighted by molar-refractivity contribution is -0.0912. The summed E-state index contributed by atoms with van der Waals surface area (Å²) in [5, 5.41) is 4.53. The van der Waals surface area contributed by atoms with Crippen LogP contribution in [0.1, 0.15) is 64.0 Å². The van der Waals surface area contributed by atoms with Gasteiger partial charge < -0.3 is 10.1 Å². The standard InChI is InChI=1S/C18H28ClNO/c1-3-14-20-17(15-8-10-16(19)11-9-15)18(21-4-2)12-6-5-7-13-18/h8-11,17,20H,3-7,12-14H2,1-2H3. The predicted molar refractivity (Wildman–Crippen MR) is 89.9 cm³/mol. The molecule has 0 amide bonds. The zero-order valence-corrected chi connectivity index (χ0v) is 14.1. The predicted octanol–water partition coefficient (Wildman–Crippen LogP) is 5.12. The lowest BCUT2D eigenvalue weighted by Gasteiger charge is -2.44. The van der Waals surface area contributed by atoms with E-state index in [1.54, 1.807) is 0 Å². The van der Waals surface area contributed by atoms with Crippen molar-refractivity contribution in [2.45, 2.75) is 64.0 Å². The van der Waals surface area contributed by atoms with Crippen LogP contribution in [0.25, 0.3) is 0 Å². The van der Waals surface area contributed by atoms with Crippen molar-refractivity contribution in [3.05, 3.63) is 34.9 Å². The summed E-state index contributed by atoms with van der Waals surface area (Å²) in [7, 11) is 0. The van der Waals surface area contributed by atoms with Crippen LogP contribution in [0.15, 0.2) is 24.3 Å². The van der Waals surface area contributed by atoms with Gasteiger partial charge in [-0.1, -0.05) is 49.9 Å². The Labute approximate surface area is 134 Å². The van der Waals surface area contributed by atoms with Gasteiger partial charge in [-0.25, -0.2) is 0 Å². The van der Waals surface area contributed by atoms with Gasteiger partial charge >= 0.3 is 0 Å². The second-order valence-electron chi connectivity index (χ2n) is 6.00.